The van der Waals surface area contributed by atoms with Crippen LogP contribution in [0, 0.1) is 13.8 Å². The Hall–Kier alpha value is -4.22. The lowest BCUT2D eigenvalue weighted by molar-refractivity contribution is -0.125. The topological polar surface area (TPSA) is 64.0 Å². The van der Waals surface area contributed by atoms with Crippen LogP contribution in [-0.2, 0) is 4.79 Å². The SMILES string of the molecule is Cc1ccc(-n2c(C3CC(c4ccc(C)c(Cl)c4)NC(=O)C3c3ccccc3)nc3ccccc3c2=O)cc1. The van der Waals surface area contributed by atoms with E-state index in [0.29, 0.717) is 28.2 Å². The van der Waals surface area contributed by atoms with Gasteiger partial charge in [0.25, 0.3) is 5.56 Å². The number of aryl methyl sites for hydroxylation is 2. The Morgan fingerprint density at radius 3 is 2.31 bits per heavy atom. The Kier molecular flexibility index (Phi) is 6.53. The lowest BCUT2D eigenvalue weighted by atomic mass is 9.76. The highest BCUT2D eigenvalue weighted by Gasteiger charge is 2.41. The minimum absolute atomic E-state index is 0.1000. The van der Waals surface area contributed by atoms with E-state index in [1.807, 2.05) is 105 Å². The van der Waals surface area contributed by atoms with Crippen LogP contribution >= 0.6 is 11.6 Å². The molecule has 5 nitrogen and oxygen atoms in total. The first-order chi connectivity index (χ1) is 18.9. The van der Waals surface area contributed by atoms with Crippen molar-refractivity contribution in [2.45, 2.75) is 38.1 Å². The van der Waals surface area contributed by atoms with Gasteiger partial charge in [-0.15, -0.1) is 0 Å². The van der Waals surface area contributed by atoms with Crippen molar-refractivity contribution in [3.63, 3.8) is 0 Å². The number of rotatable bonds is 4. The molecule has 0 saturated carbocycles. The van der Waals surface area contributed by atoms with Gasteiger partial charge in [-0.2, -0.15) is 0 Å². The Bertz CT molecular complexity index is 1750. The molecule has 1 aliphatic rings. The molecule has 0 bridgehead atoms. The van der Waals surface area contributed by atoms with Crippen LogP contribution < -0.4 is 10.9 Å². The van der Waals surface area contributed by atoms with Crippen LogP contribution in [0.1, 0.15) is 52.4 Å². The summed E-state index contributed by atoms with van der Waals surface area (Å²) in [6, 6.07) is 30.6. The van der Waals surface area contributed by atoms with Gasteiger partial charge in [-0.3, -0.25) is 14.2 Å². The number of piperidine rings is 1. The second-order valence-electron chi connectivity index (χ2n) is 10.3. The molecule has 2 heterocycles. The van der Waals surface area contributed by atoms with E-state index in [9.17, 15) is 9.59 Å². The van der Waals surface area contributed by atoms with Gasteiger partial charge < -0.3 is 5.32 Å². The van der Waals surface area contributed by atoms with Gasteiger partial charge in [0.2, 0.25) is 5.91 Å². The van der Waals surface area contributed by atoms with E-state index in [2.05, 4.69) is 5.32 Å². The van der Waals surface area contributed by atoms with Gasteiger partial charge in [-0.1, -0.05) is 83.9 Å². The average Bonchev–Trinajstić information content (AvgIpc) is 2.95. The second kappa shape index (κ2) is 10.2. The number of hydrogen-bond donors (Lipinski definition) is 1. The van der Waals surface area contributed by atoms with Crippen LogP contribution in [0.4, 0.5) is 0 Å². The molecule has 6 rings (SSSR count). The van der Waals surface area contributed by atoms with Gasteiger partial charge in [0, 0.05) is 10.9 Å². The first-order valence-electron chi connectivity index (χ1n) is 13.1. The van der Waals surface area contributed by atoms with E-state index >= 15 is 0 Å². The minimum atomic E-state index is -0.520. The van der Waals surface area contributed by atoms with E-state index in [4.69, 9.17) is 16.6 Å². The fourth-order valence-electron chi connectivity index (χ4n) is 5.58. The zero-order valence-corrected chi connectivity index (χ0v) is 22.5. The molecule has 5 aromatic rings. The molecule has 1 fully saturated rings. The Morgan fingerprint density at radius 1 is 0.846 bits per heavy atom. The van der Waals surface area contributed by atoms with Crippen LogP contribution in [-0.4, -0.2) is 15.5 Å². The van der Waals surface area contributed by atoms with Crippen LogP contribution in [0.15, 0.2) is 102 Å². The zero-order chi connectivity index (χ0) is 27.1. The fourth-order valence-corrected chi connectivity index (χ4v) is 5.77. The third kappa shape index (κ3) is 4.64. The molecule has 1 amide bonds. The predicted molar refractivity (Wildman–Crippen MR) is 156 cm³/mol. The number of aromatic nitrogens is 2. The van der Waals surface area contributed by atoms with Crippen molar-refractivity contribution in [1.82, 2.24) is 14.9 Å². The molecule has 1 aliphatic heterocycles. The van der Waals surface area contributed by atoms with Gasteiger partial charge in [0.05, 0.1) is 28.6 Å². The summed E-state index contributed by atoms with van der Waals surface area (Å²) in [7, 11) is 0. The highest BCUT2D eigenvalue weighted by atomic mass is 35.5. The zero-order valence-electron chi connectivity index (χ0n) is 21.8. The van der Waals surface area contributed by atoms with Crippen molar-refractivity contribution in [1.29, 1.82) is 0 Å². The summed E-state index contributed by atoms with van der Waals surface area (Å²) in [6.07, 6.45) is 0.557. The molecule has 194 valence electrons. The van der Waals surface area contributed by atoms with Crippen LogP contribution in [0.5, 0.6) is 0 Å². The minimum Gasteiger partial charge on any atom is -0.349 e. The van der Waals surface area contributed by atoms with Gasteiger partial charge in [0.15, 0.2) is 0 Å². The summed E-state index contributed by atoms with van der Waals surface area (Å²) < 4.78 is 1.69. The highest BCUT2D eigenvalue weighted by Crippen LogP contribution is 2.43. The summed E-state index contributed by atoms with van der Waals surface area (Å²) in [5.41, 5.74) is 5.09. The maximum Gasteiger partial charge on any atom is 0.265 e. The number of hydrogen-bond acceptors (Lipinski definition) is 3. The Labute approximate surface area is 232 Å². The maximum atomic E-state index is 14.0. The normalized spacial score (nSPS) is 19.2. The molecule has 0 radical (unpaired) electrons. The Morgan fingerprint density at radius 2 is 1.56 bits per heavy atom. The lowest BCUT2D eigenvalue weighted by Crippen LogP contribution is -2.43. The molecule has 3 unspecified atom stereocenters. The fraction of sp³-hybridized carbons (Fsp3) is 0.182. The first kappa shape index (κ1) is 25.1. The lowest BCUT2D eigenvalue weighted by Gasteiger charge is -2.37. The first-order valence-corrected chi connectivity index (χ1v) is 13.5. The van der Waals surface area contributed by atoms with Crippen molar-refractivity contribution < 1.29 is 4.79 Å². The smallest absolute Gasteiger partial charge is 0.265 e. The summed E-state index contributed by atoms with van der Waals surface area (Å²) in [5.74, 6) is -0.413. The van der Waals surface area contributed by atoms with Gasteiger partial charge >= 0.3 is 0 Å². The van der Waals surface area contributed by atoms with E-state index in [0.717, 1.165) is 27.9 Å². The molecule has 0 aliphatic carbocycles. The average molecular weight is 534 g/mol. The van der Waals surface area contributed by atoms with E-state index in [1.54, 1.807) is 10.6 Å². The summed E-state index contributed by atoms with van der Waals surface area (Å²) in [6.45, 7) is 3.97. The number of fused-ring (bicyclic) bond motifs is 1. The third-order valence-electron chi connectivity index (χ3n) is 7.67. The number of para-hydroxylation sites is 1. The molecular formula is C33H28ClN3O2. The molecule has 0 spiro atoms. The molecule has 1 saturated heterocycles. The quantitative estimate of drug-likeness (QED) is 0.277. The Balaban J connectivity index is 1.59. The number of halogens is 1. The maximum absolute atomic E-state index is 14.0. The van der Waals surface area contributed by atoms with Crippen LogP contribution in [0.3, 0.4) is 0 Å². The van der Waals surface area contributed by atoms with Crippen molar-refractivity contribution in [2.75, 3.05) is 0 Å². The molecule has 3 atom stereocenters. The standard InChI is InChI=1S/C33H28ClN3O2/c1-20-12-16-24(17-13-20)37-31(35-28-11-7-6-10-25(28)33(37)39)26-19-29(23-15-14-21(2)27(34)18-23)36-32(38)30(26)22-8-4-3-5-9-22/h3-18,26,29-30H,19H2,1-2H3,(H,36,38). The van der Waals surface area contributed by atoms with Gasteiger partial charge in [-0.25, -0.2) is 4.98 Å². The number of nitrogens with one attached hydrogen (secondary N) is 1. The molecular weight excluding hydrogens is 506 g/mol. The molecule has 4 aromatic carbocycles. The monoisotopic (exact) mass is 533 g/mol. The van der Waals surface area contributed by atoms with Crippen molar-refractivity contribution >= 4 is 28.4 Å². The molecule has 1 aromatic heterocycles. The highest BCUT2D eigenvalue weighted by molar-refractivity contribution is 6.31. The van der Waals surface area contributed by atoms with Crippen LogP contribution in [0.2, 0.25) is 5.02 Å². The predicted octanol–water partition coefficient (Wildman–Crippen LogP) is 6.78. The van der Waals surface area contributed by atoms with Gasteiger partial charge in [-0.05, 0) is 67.3 Å². The van der Waals surface area contributed by atoms with Crippen molar-refractivity contribution in [3.8, 4) is 5.69 Å². The van der Waals surface area contributed by atoms with E-state index < -0.39 is 5.92 Å². The molecule has 6 heteroatoms. The third-order valence-corrected chi connectivity index (χ3v) is 8.08. The van der Waals surface area contributed by atoms with Gasteiger partial charge in [0.1, 0.15) is 5.82 Å². The molecule has 39 heavy (non-hydrogen) atoms. The van der Waals surface area contributed by atoms with Crippen molar-refractivity contribution in [2.24, 2.45) is 0 Å². The summed E-state index contributed by atoms with van der Waals surface area (Å²) in [5, 5.41) is 4.43. The number of benzene rings is 4. The van der Waals surface area contributed by atoms with E-state index in [-0.39, 0.29) is 23.4 Å². The molecule has 1 N–H and O–H groups in total. The number of carbonyl (C=O) groups excluding carboxylic acids is 1. The van der Waals surface area contributed by atoms with E-state index in [1.165, 1.54) is 0 Å². The number of carbonyl (C=O) groups is 1. The number of amides is 1. The second-order valence-corrected chi connectivity index (χ2v) is 10.7. The van der Waals surface area contributed by atoms with Crippen LogP contribution in [0.25, 0.3) is 16.6 Å². The summed E-state index contributed by atoms with van der Waals surface area (Å²) >= 11 is 6.48. The summed E-state index contributed by atoms with van der Waals surface area (Å²) in [4.78, 5) is 33.0. The van der Waals surface area contributed by atoms with Crippen molar-refractivity contribution in [3.05, 3.63) is 141 Å². The largest absolute Gasteiger partial charge is 0.349 e. The number of nitrogens with zero attached hydrogens (tertiary/aromatic N) is 2.